The number of ether oxygens (including phenoxy) is 1. The second-order valence-electron chi connectivity index (χ2n) is 8.38. The molecular weight excluding hydrogens is 465 g/mol. The van der Waals surface area contributed by atoms with Crippen LogP contribution < -0.4 is 10.6 Å². The molecule has 0 fully saturated rings. The Balaban J connectivity index is 1.66. The SMILES string of the molecule is CCCCC(NC(=O)OCC1c2ccccc2-c2ccccc21)C(=O)NC(CC(F)(F)F)C(=O)O. The van der Waals surface area contributed by atoms with E-state index < -0.39 is 42.7 Å². The molecule has 10 heteroatoms. The highest BCUT2D eigenvalue weighted by Crippen LogP contribution is 2.44. The second-order valence-corrected chi connectivity index (χ2v) is 8.38. The minimum atomic E-state index is -4.78. The van der Waals surface area contributed by atoms with Crippen molar-refractivity contribution >= 4 is 18.0 Å². The molecule has 3 rings (SSSR count). The maximum absolute atomic E-state index is 12.7. The van der Waals surface area contributed by atoms with Gasteiger partial charge in [-0.25, -0.2) is 9.59 Å². The largest absolute Gasteiger partial charge is 0.480 e. The quantitative estimate of drug-likeness (QED) is 0.450. The van der Waals surface area contributed by atoms with Crippen molar-refractivity contribution in [3.63, 3.8) is 0 Å². The van der Waals surface area contributed by atoms with Gasteiger partial charge in [-0.3, -0.25) is 4.79 Å². The van der Waals surface area contributed by atoms with Crippen molar-refractivity contribution in [2.24, 2.45) is 0 Å². The van der Waals surface area contributed by atoms with Crippen LogP contribution in [0, 0.1) is 0 Å². The normalized spacial score (nSPS) is 14.4. The lowest BCUT2D eigenvalue weighted by Crippen LogP contribution is -2.52. The highest BCUT2D eigenvalue weighted by Gasteiger charge is 2.37. The van der Waals surface area contributed by atoms with E-state index in [4.69, 9.17) is 9.84 Å². The molecule has 3 N–H and O–H groups in total. The number of carbonyl (C=O) groups excluding carboxylic acids is 2. The second kappa shape index (κ2) is 11.2. The Kier molecular flexibility index (Phi) is 8.37. The van der Waals surface area contributed by atoms with Gasteiger partial charge in [0.05, 0.1) is 6.42 Å². The fourth-order valence-electron chi connectivity index (χ4n) is 4.16. The molecular formula is C25H27F3N2O5. The molecule has 2 amide bonds. The van der Waals surface area contributed by atoms with Crippen LogP contribution in [0.3, 0.4) is 0 Å². The van der Waals surface area contributed by atoms with Gasteiger partial charge in [0.2, 0.25) is 5.91 Å². The minimum absolute atomic E-state index is 0.00615. The molecule has 1 aliphatic carbocycles. The Bertz CT molecular complexity index is 1030. The van der Waals surface area contributed by atoms with Crippen molar-refractivity contribution in [2.75, 3.05) is 6.61 Å². The number of alkyl carbamates (subject to hydrolysis) is 1. The van der Waals surface area contributed by atoms with Gasteiger partial charge in [0.25, 0.3) is 0 Å². The zero-order chi connectivity index (χ0) is 25.6. The van der Waals surface area contributed by atoms with Gasteiger partial charge >= 0.3 is 18.2 Å². The van der Waals surface area contributed by atoms with E-state index in [0.29, 0.717) is 12.8 Å². The van der Waals surface area contributed by atoms with E-state index in [1.165, 1.54) is 0 Å². The number of halogens is 3. The van der Waals surface area contributed by atoms with Crippen LogP contribution in [0.25, 0.3) is 11.1 Å². The number of benzene rings is 2. The molecule has 0 aliphatic heterocycles. The maximum atomic E-state index is 12.7. The van der Waals surface area contributed by atoms with E-state index in [1.807, 2.05) is 60.8 Å². The van der Waals surface area contributed by atoms with E-state index >= 15 is 0 Å². The van der Waals surface area contributed by atoms with E-state index in [2.05, 4.69) is 5.32 Å². The molecule has 0 bridgehead atoms. The van der Waals surface area contributed by atoms with Crippen molar-refractivity contribution in [2.45, 2.75) is 56.8 Å². The van der Waals surface area contributed by atoms with Gasteiger partial charge in [-0.1, -0.05) is 68.3 Å². The summed E-state index contributed by atoms with van der Waals surface area (Å²) in [4.78, 5) is 36.3. The molecule has 1 aliphatic rings. The molecule has 0 saturated carbocycles. The van der Waals surface area contributed by atoms with Gasteiger partial charge in [-0.05, 0) is 28.7 Å². The smallest absolute Gasteiger partial charge is 0.407 e. The summed E-state index contributed by atoms with van der Waals surface area (Å²) in [5.41, 5.74) is 4.08. The number of carboxylic acids is 1. The molecule has 7 nitrogen and oxygen atoms in total. The van der Waals surface area contributed by atoms with Crippen molar-refractivity contribution in [3.8, 4) is 11.1 Å². The van der Waals surface area contributed by atoms with Crippen LogP contribution in [0.5, 0.6) is 0 Å². The van der Waals surface area contributed by atoms with E-state index in [-0.39, 0.29) is 18.9 Å². The Hall–Kier alpha value is -3.56. The van der Waals surface area contributed by atoms with Gasteiger partial charge in [0.15, 0.2) is 0 Å². The third-order valence-corrected chi connectivity index (χ3v) is 5.85. The number of aliphatic carboxylic acids is 1. The highest BCUT2D eigenvalue weighted by atomic mass is 19.4. The van der Waals surface area contributed by atoms with E-state index in [1.54, 1.807) is 0 Å². The zero-order valence-electron chi connectivity index (χ0n) is 19.1. The Morgan fingerprint density at radius 3 is 2.06 bits per heavy atom. The molecule has 188 valence electrons. The summed E-state index contributed by atoms with van der Waals surface area (Å²) >= 11 is 0. The lowest BCUT2D eigenvalue weighted by atomic mass is 9.98. The van der Waals surface area contributed by atoms with Crippen molar-refractivity contribution in [1.29, 1.82) is 0 Å². The number of rotatable bonds is 10. The molecule has 0 aromatic heterocycles. The summed E-state index contributed by atoms with van der Waals surface area (Å²) in [6.07, 6.45) is -6.16. The van der Waals surface area contributed by atoms with E-state index in [0.717, 1.165) is 22.3 Å². The summed E-state index contributed by atoms with van der Waals surface area (Å²) < 4.78 is 43.5. The third kappa shape index (κ3) is 6.74. The Morgan fingerprint density at radius 2 is 1.54 bits per heavy atom. The number of unbranched alkanes of at least 4 members (excludes halogenated alkanes) is 1. The number of carboxylic acid groups (broad SMARTS) is 1. The molecule has 0 radical (unpaired) electrons. The summed E-state index contributed by atoms with van der Waals surface area (Å²) in [5, 5.41) is 13.3. The van der Waals surface area contributed by atoms with E-state index in [9.17, 15) is 27.6 Å². The topological polar surface area (TPSA) is 105 Å². The average molecular weight is 492 g/mol. The van der Waals surface area contributed by atoms with Gasteiger partial charge in [-0.15, -0.1) is 0 Å². The van der Waals surface area contributed by atoms with Crippen LogP contribution in [0.1, 0.15) is 49.7 Å². The minimum Gasteiger partial charge on any atom is -0.480 e. The number of hydrogen-bond acceptors (Lipinski definition) is 4. The van der Waals surface area contributed by atoms with Crippen molar-refractivity contribution in [3.05, 3.63) is 59.7 Å². The van der Waals surface area contributed by atoms with Crippen molar-refractivity contribution in [1.82, 2.24) is 10.6 Å². The molecule has 35 heavy (non-hydrogen) atoms. The van der Waals surface area contributed by atoms with Gasteiger partial charge in [0, 0.05) is 5.92 Å². The van der Waals surface area contributed by atoms with Crippen LogP contribution >= 0.6 is 0 Å². The number of amides is 2. The first kappa shape index (κ1) is 26.1. The monoisotopic (exact) mass is 492 g/mol. The summed E-state index contributed by atoms with van der Waals surface area (Å²) in [6.45, 7) is 1.83. The first-order valence-corrected chi connectivity index (χ1v) is 11.3. The molecule has 2 aromatic carbocycles. The molecule has 2 atom stereocenters. The van der Waals surface area contributed by atoms with Gasteiger partial charge in [0.1, 0.15) is 18.7 Å². The predicted molar refractivity (Wildman–Crippen MR) is 122 cm³/mol. The molecule has 0 heterocycles. The first-order valence-electron chi connectivity index (χ1n) is 11.3. The zero-order valence-corrected chi connectivity index (χ0v) is 19.1. The van der Waals surface area contributed by atoms with Crippen LogP contribution in [-0.2, 0) is 14.3 Å². The highest BCUT2D eigenvalue weighted by molar-refractivity contribution is 5.89. The lowest BCUT2D eigenvalue weighted by Gasteiger charge is -2.22. The Labute approximate surface area is 200 Å². The number of carbonyl (C=O) groups is 3. The van der Waals surface area contributed by atoms with Crippen molar-refractivity contribution < 1.29 is 37.4 Å². The predicted octanol–water partition coefficient (Wildman–Crippen LogP) is 4.61. The molecule has 0 spiro atoms. The third-order valence-electron chi connectivity index (χ3n) is 5.85. The van der Waals surface area contributed by atoms with Crippen LogP contribution in [0.2, 0.25) is 0 Å². The van der Waals surface area contributed by atoms with Crippen LogP contribution in [0.15, 0.2) is 48.5 Å². The van der Waals surface area contributed by atoms with Crippen LogP contribution in [0.4, 0.5) is 18.0 Å². The summed E-state index contributed by atoms with van der Waals surface area (Å²) in [6, 6.07) is 12.1. The van der Waals surface area contributed by atoms with Gasteiger partial charge < -0.3 is 20.5 Å². The summed E-state index contributed by atoms with van der Waals surface area (Å²) in [7, 11) is 0. The molecule has 2 unspecified atom stereocenters. The number of hydrogen-bond donors (Lipinski definition) is 3. The Morgan fingerprint density at radius 1 is 0.971 bits per heavy atom. The average Bonchev–Trinajstić information content (AvgIpc) is 3.12. The number of fused-ring (bicyclic) bond motifs is 3. The maximum Gasteiger partial charge on any atom is 0.407 e. The fourth-order valence-corrected chi connectivity index (χ4v) is 4.16. The summed E-state index contributed by atoms with van der Waals surface area (Å²) in [5.74, 6) is -3.03. The molecule has 2 aromatic rings. The standard InChI is InChI=1S/C25H27F3N2O5/c1-2-3-12-20(22(31)29-21(23(32)33)13-25(26,27)28)30-24(34)35-14-19-17-10-6-4-8-15(17)16-9-5-7-11-18(16)19/h4-11,19-21H,2-3,12-14H2,1H3,(H,29,31)(H,30,34)(H,32,33). The number of alkyl halides is 3. The first-order chi connectivity index (χ1) is 16.6. The number of nitrogens with one attached hydrogen (secondary N) is 2. The van der Waals surface area contributed by atoms with Crippen LogP contribution in [-0.4, -0.2) is 47.9 Å². The molecule has 0 saturated heterocycles. The van der Waals surface area contributed by atoms with Gasteiger partial charge in [-0.2, -0.15) is 13.2 Å². The lowest BCUT2D eigenvalue weighted by molar-refractivity contribution is -0.160. The fraction of sp³-hybridized carbons (Fsp3) is 0.400.